The quantitative estimate of drug-likeness (QED) is 0.237. The van der Waals surface area contributed by atoms with Gasteiger partial charge in [0.15, 0.2) is 0 Å². The molecular weight excluding hydrogens is 563 g/mol. The van der Waals surface area contributed by atoms with Crippen LogP contribution in [-0.4, -0.2) is 41.7 Å². The molecular formula is C32H36Cl2N2O3S. The number of halogens is 2. The zero-order valence-electron chi connectivity index (χ0n) is 22.8. The van der Waals surface area contributed by atoms with Gasteiger partial charge in [0.1, 0.15) is 11.8 Å². The molecule has 0 radical (unpaired) electrons. The molecule has 8 heteroatoms. The van der Waals surface area contributed by atoms with Crippen molar-refractivity contribution in [2.24, 2.45) is 0 Å². The molecule has 0 bridgehead atoms. The van der Waals surface area contributed by atoms with E-state index in [0.29, 0.717) is 34.5 Å². The van der Waals surface area contributed by atoms with E-state index in [9.17, 15) is 9.59 Å². The number of hydrogen-bond donors (Lipinski definition) is 1. The highest BCUT2D eigenvalue weighted by molar-refractivity contribution is 7.99. The van der Waals surface area contributed by atoms with Gasteiger partial charge < -0.3 is 15.0 Å². The highest BCUT2D eigenvalue weighted by atomic mass is 35.5. The van der Waals surface area contributed by atoms with Gasteiger partial charge in [-0.25, -0.2) is 0 Å². The first-order valence-electron chi connectivity index (χ1n) is 13.7. The molecule has 1 saturated carbocycles. The van der Waals surface area contributed by atoms with E-state index < -0.39 is 6.04 Å². The minimum atomic E-state index is -0.645. The van der Waals surface area contributed by atoms with Crippen molar-refractivity contribution in [2.75, 3.05) is 12.9 Å². The lowest BCUT2D eigenvalue weighted by atomic mass is 9.94. The molecule has 0 aliphatic heterocycles. The number of ether oxygens (including phenoxy) is 1. The van der Waals surface area contributed by atoms with Crippen LogP contribution in [0.4, 0.5) is 0 Å². The summed E-state index contributed by atoms with van der Waals surface area (Å²) in [7, 11) is 1.62. The molecule has 3 aromatic carbocycles. The van der Waals surface area contributed by atoms with Gasteiger partial charge in [-0.3, -0.25) is 9.59 Å². The van der Waals surface area contributed by atoms with Crippen molar-refractivity contribution in [3.05, 3.63) is 99.5 Å². The van der Waals surface area contributed by atoms with E-state index in [2.05, 4.69) is 5.32 Å². The standard InChI is InChI=1S/C32H36Cl2N2O3S/c1-39-27-14-8-11-24(17-27)20-36(31(37)22-40-21-25-15-16-28(33)29(34)18-25)30(19-23-9-4-2-5-10-23)32(38)35-26-12-6-3-7-13-26/h2,4-5,8-11,14-18,26,30H,3,6-7,12-13,19-22H2,1H3,(H,35,38). The van der Waals surface area contributed by atoms with E-state index in [0.717, 1.165) is 42.4 Å². The fourth-order valence-corrected chi connectivity index (χ4v) is 6.21. The van der Waals surface area contributed by atoms with Gasteiger partial charge in [0, 0.05) is 24.8 Å². The van der Waals surface area contributed by atoms with Crippen LogP contribution in [0.1, 0.15) is 48.8 Å². The summed E-state index contributed by atoms with van der Waals surface area (Å²) in [6.45, 7) is 0.305. The number of carbonyl (C=O) groups excluding carboxylic acids is 2. The first kappa shape index (κ1) is 30.3. The van der Waals surface area contributed by atoms with Crippen LogP contribution in [0.5, 0.6) is 5.75 Å². The van der Waals surface area contributed by atoms with Crippen LogP contribution in [0.25, 0.3) is 0 Å². The number of nitrogens with zero attached hydrogens (tertiary/aromatic N) is 1. The van der Waals surface area contributed by atoms with E-state index in [1.807, 2.05) is 66.7 Å². The highest BCUT2D eigenvalue weighted by Crippen LogP contribution is 2.26. The maximum Gasteiger partial charge on any atom is 0.243 e. The first-order chi connectivity index (χ1) is 19.4. The van der Waals surface area contributed by atoms with Crippen molar-refractivity contribution in [3.8, 4) is 5.75 Å². The van der Waals surface area contributed by atoms with Crippen LogP contribution in [0, 0.1) is 0 Å². The van der Waals surface area contributed by atoms with Gasteiger partial charge >= 0.3 is 0 Å². The molecule has 5 nitrogen and oxygen atoms in total. The maximum atomic E-state index is 13.9. The Morgan fingerprint density at radius 1 is 0.925 bits per heavy atom. The summed E-state index contributed by atoms with van der Waals surface area (Å²) in [4.78, 5) is 29.5. The number of rotatable bonds is 12. The molecule has 1 aliphatic rings. The largest absolute Gasteiger partial charge is 0.497 e. The zero-order valence-corrected chi connectivity index (χ0v) is 25.1. The van der Waals surface area contributed by atoms with Crippen LogP contribution < -0.4 is 10.1 Å². The molecule has 212 valence electrons. The minimum Gasteiger partial charge on any atom is -0.497 e. The lowest BCUT2D eigenvalue weighted by Crippen LogP contribution is -2.53. The van der Waals surface area contributed by atoms with E-state index in [4.69, 9.17) is 27.9 Å². The Bertz CT molecular complexity index is 1270. The van der Waals surface area contributed by atoms with Crippen molar-refractivity contribution < 1.29 is 14.3 Å². The molecule has 1 N–H and O–H groups in total. The van der Waals surface area contributed by atoms with Gasteiger partial charge in [-0.2, -0.15) is 0 Å². The lowest BCUT2D eigenvalue weighted by molar-refractivity contribution is -0.139. The van der Waals surface area contributed by atoms with Gasteiger partial charge in [0.25, 0.3) is 0 Å². The van der Waals surface area contributed by atoms with Crippen molar-refractivity contribution >= 4 is 46.8 Å². The predicted octanol–water partition coefficient (Wildman–Crippen LogP) is 7.32. The van der Waals surface area contributed by atoms with Gasteiger partial charge in [0.2, 0.25) is 11.8 Å². The second-order valence-electron chi connectivity index (χ2n) is 10.2. The Kier molecular flexibility index (Phi) is 11.6. The van der Waals surface area contributed by atoms with E-state index in [1.54, 1.807) is 18.1 Å². The molecule has 0 spiro atoms. The molecule has 0 saturated heterocycles. The fourth-order valence-electron chi connectivity index (χ4n) is 5.03. The number of methoxy groups -OCH3 is 1. The first-order valence-corrected chi connectivity index (χ1v) is 15.6. The van der Waals surface area contributed by atoms with E-state index in [1.165, 1.54) is 18.2 Å². The number of nitrogens with one attached hydrogen (secondary N) is 1. The number of amides is 2. The predicted molar refractivity (Wildman–Crippen MR) is 165 cm³/mol. The summed E-state index contributed by atoms with van der Waals surface area (Å²) in [6.07, 6.45) is 5.83. The third-order valence-corrected chi connectivity index (χ3v) is 8.92. The normalized spacial score (nSPS) is 14.4. The Labute approximate surface area is 251 Å². The SMILES string of the molecule is COc1cccc(CN(C(=O)CSCc2ccc(Cl)c(Cl)c2)C(Cc2ccccc2)C(=O)NC2CCCCC2)c1. The number of hydrogen-bond acceptors (Lipinski definition) is 4. The Hall–Kier alpha value is -2.67. The summed E-state index contributed by atoms with van der Waals surface area (Å²) >= 11 is 13.7. The molecule has 0 aromatic heterocycles. The summed E-state index contributed by atoms with van der Waals surface area (Å²) in [6, 6.07) is 22.6. The average molecular weight is 600 g/mol. The third kappa shape index (κ3) is 8.92. The topological polar surface area (TPSA) is 58.6 Å². The van der Waals surface area contributed by atoms with Crippen molar-refractivity contribution in [1.29, 1.82) is 0 Å². The highest BCUT2D eigenvalue weighted by Gasteiger charge is 2.32. The molecule has 4 rings (SSSR count). The molecule has 1 atom stereocenters. The second-order valence-corrected chi connectivity index (χ2v) is 12.0. The zero-order chi connectivity index (χ0) is 28.3. The number of carbonyl (C=O) groups is 2. The molecule has 0 heterocycles. The van der Waals surface area contributed by atoms with Crippen molar-refractivity contribution in [1.82, 2.24) is 10.2 Å². The third-order valence-electron chi connectivity index (χ3n) is 7.19. The maximum absolute atomic E-state index is 13.9. The molecule has 1 fully saturated rings. The van der Waals surface area contributed by atoms with Crippen molar-refractivity contribution in [2.45, 2.75) is 62.9 Å². The Balaban J connectivity index is 1.57. The van der Waals surface area contributed by atoms with Crippen LogP contribution in [0.2, 0.25) is 10.0 Å². The number of benzene rings is 3. The monoisotopic (exact) mass is 598 g/mol. The fraction of sp³-hybridized carbons (Fsp3) is 0.375. The summed E-state index contributed by atoms with van der Waals surface area (Å²) in [5.74, 6) is 1.36. The Morgan fingerprint density at radius 3 is 2.40 bits per heavy atom. The number of thioether (sulfide) groups is 1. The van der Waals surface area contributed by atoms with Gasteiger partial charge in [-0.15, -0.1) is 11.8 Å². The molecule has 2 amide bonds. The molecule has 1 aliphatic carbocycles. The van der Waals surface area contributed by atoms with Gasteiger partial charge in [-0.05, 0) is 53.8 Å². The smallest absolute Gasteiger partial charge is 0.243 e. The minimum absolute atomic E-state index is 0.0902. The average Bonchev–Trinajstić information content (AvgIpc) is 2.97. The van der Waals surface area contributed by atoms with E-state index in [-0.39, 0.29) is 23.6 Å². The summed E-state index contributed by atoms with van der Waals surface area (Å²) in [5.41, 5.74) is 2.91. The molecule has 3 aromatic rings. The van der Waals surface area contributed by atoms with Gasteiger partial charge in [0.05, 0.1) is 22.9 Å². The lowest BCUT2D eigenvalue weighted by Gasteiger charge is -2.33. The summed E-state index contributed by atoms with van der Waals surface area (Å²) in [5, 5.41) is 4.28. The second kappa shape index (κ2) is 15.4. The van der Waals surface area contributed by atoms with Crippen LogP contribution in [-0.2, 0) is 28.3 Å². The van der Waals surface area contributed by atoms with Crippen molar-refractivity contribution in [3.63, 3.8) is 0 Å². The van der Waals surface area contributed by atoms with E-state index >= 15 is 0 Å². The Morgan fingerprint density at radius 2 is 1.68 bits per heavy atom. The van der Waals surface area contributed by atoms with Gasteiger partial charge in [-0.1, -0.05) is 91.0 Å². The molecule has 40 heavy (non-hydrogen) atoms. The van der Waals surface area contributed by atoms with Crippen LogP contribution >= 0.6 is 35.0 Å². The van der Waals surface area contributed by atoms with Crippen LogP contribution in [0.15, 0.2) is 72.8 Å². The van der Waals surface area contributed by atoms with Crippen LogP contribution in [0.3, 0.4) is 0 Å². The molecule has 1 unspecified atom stereocenters. The summed E-state index contributed by atoms with van der Waals surface area (Å²) < 4.78 is 5.43.